The summed E-state index contributed by atoms with van der Waals surface area (Å²) in [6, 6.07) is 7.57. The van der Waals surface area contributed by atoms with Crippen LogP contribution < -0.4 is 4.74 Å². The standard InChI is InChI=1S/C21H32O7.CH4/c1-3-4-5-6-7-12-25-15-10-8-14(9-11-15)20-26-13-16-19(28-20)17(22)18(23)21(24-2)27-16;/h8-11,16-23H,3-7,12-13H2,1-2H3;1H4/t16?,17-,18?,19-,20?,21-;/m1./s1. The van der Waals surface area contributed by atoms with E-state index in [0.717, 1.165) is 17.7 Å². The summed E-state index contributed by atoms with van der Waals surface area (Å²) >= 11 is 0. The zero-order chi connectivity index (χ0) is 19.9. The van der Waals surface area contributed by atoms with Crippen LogP contribution in [0, 0.1) is 0 Å². The molecular weight excluding hydrogens is 376 g/mol. The molecule has 2 aliphatic rings. The Bertz CT molecular complexity index is 577. The van der Waals surface area contributed by atoms with Gasteiger partial charge in [0.25, 0.3) is 0 Å². The van der Waals surface area contributed by atoms with Crippen molar-refractivity contribution in [2.75, 3.05) is 20.3 Å². The highest BCUT2D eigenvalue weighted by Gasteiger charge is 2.48. The van der Waals surface area contributed by atoms with E-state index in [1.807, 2.05) is 24.3 Å². The van der Waals surface area contributed by atoms with E-state index in [1.165, 1.54) is 32.8 Å². The van der Waals surface area contributed by atoms with Crippen LogP contribution in [0.3, 0.4) is 0 Å². The summed E-state index contributed by atoms with van der Waals surface area (Å²) in [7, 11) is 1.42. The van der Waals surface area contributed by atoms with E-state index in [2.05, 4.69) is 6.92 Å². The zero-order valence-electron chi connectivity index (χ0n) is 16.7. The number of benzene rings is 1. The largest absolute Gasteiger partial charge is 0.494 e. The Labute approximate surface area is 173 Å². The van der Waals surface area contributed by atoms with E-state index in [9.17, 15) is 10.2 Å². The van der Waals surface area contributed by atoms with Gasteiger partial charge in [0.05, 0.1) is 13.2 Å². The fourth-order valence-electron chi connectivity index (χ4n) is 3.56. The molecule has 2 N–H and O–H groups in total. The second-order valence-corrected chi connectivity index (χ2v) is 7.36. The Balaban J connectivity index is 0.00000300. The Hall–Kier alpha value is -1.22. The first kappa shape index (κ1) is 24.1. The van der Waals surface area contributed by atoms with Gasteiger partial charge in [-0.1, -0.05) is 52.2 Å². The molecular formula is C22H36O7. The highest BCUT2D eigenvalue weighted by molar-refractivity contribution is 5.28. The fraction of sp³-hybridized carbons (Fsp3) is 0.727. The summed E-state index contributed by atoms with van der Waals surface area (Å²) in [4.78, 5) is 0. The first-order valence-electron chi connectivity index (χ1n) is 10.2. The van der Waals surface area contributed by atoms with Crippen molar-refractivity contribution < 1.29 is 33.9 Å². The SMILES string of the molecule is C.CCCCCCCOc1ccc(C2OCC3O[C@@H](OC)C(O)[C@@H](O)[C@@H]3O2)cc1. The van der Waals surface area contributed by atoms with E-state index in [0.29, 0.717) is 6.61 Å². The van der Waals surface area contributed by atoms with Crippen LogP contribution in [-0.4, -0.2) is 61.2 Å². The topological polar surface area (TPSA) is 86.6 Å². The van der Waals surface area contributed by atoms with Gasteiger partial charge >= 0.3 is 0 Å². The van der Waals surface area contributed by atoms with Crippen molar-refractivity contribution in [3.8, 4) is 5.75 Å². The summed E-state index contributed by atoms with van der Waals surface area (Å²) in [5.41, 5.74) is 0.823. The van der Waals surface area contributed by atoms with Gasteiger partial charge in [-0.15, -0.1) is 0 Å². The van der Waals surface area contributed by atoms with Crippen LogP contribution >= 0.6 is 0 Å². The number of unbranched alkanes of at least 4 members (excludes halogenated alkanes) is 4. The van der Waals surface area contributed by atoms with Gasteiger partial charge < -0.3 is 33.9 Å². The third-order valence-corrected chi connectivity index (χ3v) is 5.23. The number of hydrogen-bond donors (Lipinski definition) is 2. The molecule has 1 aromatic carbocycles. The number of rotatable bonds is 9. The summed E-state index contributed by atoms with van der Waals surface area (Å²) < 4.78 is 28.1. The Morgan fingerprint density at radius 2 is 1.72 bits per heavy atom. The molecule has 0 aliphatic carbocycles. The molecule has 0 aromatic heterocycles. The molecule has 2 heterocycles. The second kappa shape index (κ2) is 11.8. The molecule has 29 heavy (non-hydrogen) atoms. The molecule has 0 spiro atoms. The molecule has 166 valence electrons. The van der Waals surface area contributed by atoms with Gasteiger partial charge in [0.15, 0.2) is 12.6 Å². The molecule has 6 atom stereocenters. The lowest BCUT2D eigenvalue weighted by atomic mass is 9.98. The molecule has 0 radical (unpaired) electrons. The van der Waals surface area contributed by atoms with E-state index in [1.54, 1.807) is 0 Å². The summed E-state index contributed by atoms with van der Waals surface area (Å²) in [6.07, 6.45) is 1.06. The fourth-order valence-corrected chi connectivity index (χ4v) is 3.56. The van der Waals surface area contributed by atoms with Gasteiger partial charge in [0.2, 0.25) is 0 Å². The maximum absolute atomic E-state index is 10.3. The minimum Gasteiger partial charge on any atom is -0.494 e. The number of ether oxygens (including phenoxy) is 5. The Kier molecular flexibility index (Phi) is 9.82. The van der Waals surface area contributed by atoms with Gasteiger partial charge in [-0.3, -0.25) is 0 Å². The molecule has 2 saturated heterocycles. The Morgan fingerprint density at radius 3 is 2.41 bits per heavy atom. The number of methoxy groups -OCH3 is 1. The van der Waals surface area contributed by atoms with Gasteiger partial charge in [-0.05, 0) is 18.6 Å². The van der Waals surface area contributed by atoms with Gasteiger partial charge in [0, 0.05) is 12.7 Å². The lowest BCUT2D eigenvalue weighted by Gasteiger charge is -2.45. The highest BCUT2D eigenvalue weighted by atomic mass is 16.7. The van der Waals surface area contributed by atoms with Crippen LogP contribution in [0.1, 0.15) is 58.3 Å². The number of hydrogen-bond acceptors (Lipinski definition) is 7. The smallest absolute Gasteiger partial charge is 0.186 e. The van der Waals surface area contributed by atoms with Crippen molar-refractivity contribution in [1.82, 2.24) is 0 Å². The van der Waals surface area contributed by atoms with Crippen molar-refractivity contribution in [1.29, 1.82) is 0 Å². The van der Waals surface area contributed by atoms with Crippen LogP contribution in [0.25, 0.3) is 0 Å². The third kappa shape index (κ3) is 6.13. The summed E-state index contributed by atoms with van der Waals surface area (Å²) in [5.74, 6) is 0.812. The van der Waals surface area contributed by atoms with Crippen molar-refractivity contribution in [2.45, 2.75) is 83.5 Å². The van der Waals surface area contributed by atoms with Crippen LogP contribution in [0.15, 0.2) is 24.3 Å². The number of aliphatic hydroxyl groups is 2. The van der Waals surface area contributed by atoms with Crippen LogP contribution in [0.4, 0.5) is 0 Å². The zero-order valence-corrected chi connectivity index (χ0v) is 16.7. The van der Waals surface area contributed by atoms with Crippen LogP contribution in [0.2, 0.25) is 0 Å². The molecule has 0 amide bonds. The van der Waals surface area contributed by atoms with Crippen LogP contribution in [-0.2, 0) is 18.9 Å². The minimum absolute atomic E-state index is 0. The first-order chi connectivity index (χ1) is 13.6. The van der Waals surface area contributed by atoms with Crippen LogP contribution in [0.5, 0.6) is 5.75 Å². The number of fused-ring (bicyclic) bond motifs is 1. The molecule has 3 unspecified atom stereocenters. The summed E-state index contributed by atoms with van der Waals surface area (Å²) in [5, 5.41) is 20.4. The van der Waals surface area contributed by atoms with E-state index >= 15 is 0 Å². The quantitative estimate of drug-likeness (QED) is 0.603. The molecule has 3 rings (SSSR count). The summed E-state index contributed by atoms with van der Waals surface area (Å²) in [6.45, 7) is 3.17. The maximum atomic E-state index is 10.3. The Morgan fingerprint density at radius 1 is 1.00 bits per heavy atom. The molecule has 0 bridgehead atoms. The second-order valence-electron chi connectivity index (χ2n) is 7.36. The van der Waals surface area contributed by atoms with E-state index < -0.39 is 37.0 Å². The van der Waals surface area contributed by atoms with Crippen molar-refractivity contribution in [3.05, 3.63) is 29.8 Å². The lowest BCUT2D eigenvalue weighted by Crippen LogP contribution is -2.62. The average Bonchev–Trinajstić information content (AvgIpc) is 2.73. The predicted octanol–water partition coefficient (Wildman–Crippen LogP) is 3.18. The maximum Gasteiger partial charge on any atom is 0.186 e. The van der Waals surface area contributed by atoms with Crippen molar-refractivity contribution in [2.24, 2.45) is 0 Å². The molecule has 2 aliphatic heterocycles. The van der Waals surface area contributed by atoms with Gasteiger partial charge in [-0.2, -0.15) is 0 Å². The van der Waals surface area contributed by atoms with E-state index in [4.69, 9.17) is 23.7 Å². The van der Waals surface area contributed by atoms with Gasteiger partial charge in [-0.25, -0.2) is 0 Å². The van der Waals surface area contributed by atoms with Gasteiger partial charge in [0.1, 0.15) is 30.2 Å². The highest BCUT2D eigenvalue weighted by Crippen LogP contribution is 2.34. The first-order valence-corrected chi connectivity index (χ1v) is 10.2. The molecule has 0 saturated carbocycles. The average molecular weight is 413 g/mol. The van der Waals surface area contributed by atoms with Crippen molar-refractivity contribution >= 4 is 0 Å². The van der Waals surface area contributed by atoms with Crippen molar-refractivity contribution in [3.63, 3.8) is 0 Å². The molecule has 7 nitrogen and oxygen atoms in total. The predicted molar refractivity (Wildman–Crippen MR) is 109 cm³/mol. The molecule has 7 heteroatoms. The van der Waals surface area contributed by atoms with E-state index in [-0.39, 0.29) is 14.0 Å². The number of aliphatic hydroxyl groups excluding tert-OH is 2. The molecule has 1 aromatic rings. The molecule has 2 fully saturated rings. The third-order valence-electron chi connectivity index (χ3n) is 5.23. The monoisotopic (exact) mass is 412 g/mol. The minimum atomic E-state index is -1.17. The lowest BCUT2D eigenvalue weighted by molar-refractivity contribution is -0.358. The normalized spacial score (nSPS) is 31.6.